The zero-order chi connectivity index (χ0) is 13.6. The molecule has 1 heterocycles. The van der Waals surface area contributed by atoms with Crippen LogP contribution < -0.4 is 5.32 Å². The highest BCUT2D eigenvalue weighted by Gasteiger charge is 2.05. The molecule has 1 aromatic heterocycles. The molecule has 1 aromatic rings. The quantitative estimate of drug-likeness (QED) is 0.729. The van der Waals surface area contributed by atoms with Crippen LogP contribution >= 0.6 is 11.3 Å². The zero-order valence-electron chi connectivity index (χ0n) is 11.3. The normalized spacial score (nSPS) is 12.2. The Labute approximate surface area is 114 Å². The number of sulfone groups is 1. The summed E-state index contributed by atoms with van der Waals surface area (Å²) >= 11 is 1.80. The molecule has 0 fully saturated rings. The number of likely N-dealkylation sites (N-methyl/N-ethyl adjacent to an activating group) is 1. The van der Waals surface area contributed by atoms with E-state index in [0.29, 0.717) is 6.54 Å². The lowest BCUT2D eigenvalue weighted by Gasteiger charge is -2.15. The highest BCUT2D eigenvalue weighted by Crippen LogP contribution is 2.14. The molecule has 0 unspecified atom stereocenters. The van der Waals surface area contributed by atoms with E-state index in [4.69, 9.17) is 0 Å². The van der Waals surface area contributed by atoms with Crippen LogP contribution in [0, 0.1) is 6.92 Å². The van der Waals surface area contributed by atoms with Crippen LogP contribution in [0.2, 0.25) is 0 Å². The monoisotopic (exact) mass is 290 g/mol. The van der Waals surface area contributed by atoms with Crippen molar-refractivity contribution in [2.45, 2.75) is 13.5 Å². The molecule has 0 saturated carbocycles. The van der Waals surface area contributed by atoms with Gasteiger partial charge in [-0.05, 0) is 26.1 Å². The highest BCUT2D eigenvalue weighted by atomic mass is 32.2. The van der Waals surface area contributed by atoms with Crippen molar-refractivity contribution in [2.75, 3.05) is 38.7 Å². The van der Waals surface area contributed by atoms with E-state index in [9.17, 15) is 8.42 Å². The lowest BCUT2D eigenvalue weighted by molar-refractivity contribution is 0.349. The van der Waals surface area contributed by atoms with Crippen LogP contribution in [0.25, 0.3) is 0 Å². The van der Waals surface area contributed by atoms with Crippen molar-refractivity contribution in [3.63, 3.8) is 0 Å². The third kappa shape index (κ3) is 7.10. The van der Waals surface area contributed by atoms with Crippen LogP contribution in [-0.4, -0.2) is 52.0 Å². The van der Waals surface area contributed by atoms with Crippen molar-refractivity contribution < 1.29 is 8.42 Å². The summed E-state index contributed by atoms with van der Waals surface area (Å²) in [6.07, 6.45) is 1.28. The van der Waals surface area contributed by atoms with E-state index >= 15 is 0 Å². The van der Waals surface area contributed by atoms with Gasteiger partial charge in [0, 0.05) is 42.2 Å². The van der Waals surface area contributed by atoms with Crippen LogP contribution in [0.4, 0.5) is 0 Å². The molecule has 0 saturated heterocycles. The Morgan fingerprint density at radius 1 is 1.33 bits per heavy atom. The summed E-state index contributed by atoms with van der Waals surface area (Å²) in [6, 6.07) is 4.26. The summed E-state index contributed by atoms with van der Waals surface area (Å²) in [5.41, 5.74) is 0. The minimum Gasteiger partial charge on any atom is -0.311 e. The lowest BCUT2D eigenvalue weighted by Crippen LogP contribution is -2.32. The van der Waals surface area contributed by atoms with Gasteiger partial charge in [-0.15, -0.1) is 11.3 Å². The summed E-state index contributed by atoms with van der Waals surface area (Å²) < 4.78 is 22.0. The van der Waals surface area contributed by atoms with Crippen LogP contribution in [-0.2, 0) is 16.4 Å². The van der Waals surface area contributed by atoms with Gasteiger partial charge >= 0.3 is 0 Å². The molecule has 0 radical (unpaired) electrons. The van der Waals surface area contributed by atoms with Gasteiger partial charge in [-0.2, -0.15) is 0 Å². The van der Waals surface area contributed by atoms with E-state index in [-0.39, 0.29) is 5.75 Å². The first-order chi connectivity index (χ1) is 8.37. The second-order valence-electron chi connectivity index (χ2n) is 4.62. The van der Waals surface area contributed by atoms with Crippen molar-refractivity contribution in [2.24, 2.45) is 0 Å². The number of nitrogens with one attached hydrogen (secondary N) is 1. The highest BCUT2D eigenvalue weighted by molar-refractivity contribution is 7.90. The molecule has 0 aromatic carbocycles. The Morgan fingerprint density at radius 3 is 2.61 bits per heavy atom. The minimum absolute atomic E-state index is 0.230. The SMILES string of the molecule is Cc1ccc(CNCCN(C)CCS(C)(=O)=O)s1. The Morgan fingerprint density at radius 2 is 2.06 bits per heavy atom. The van der Waals surface area contributed by atoms with Crippen molar-refractivity contribution in [1.29, 1.82) is 0 Å². The van der Waals surface area contributed by atoms with E-state index in [1.165, 1.54) is 16.0 Å². The van der Waals surface area contributed by atoms with Gasteiger partial charge in [0.1, 0.15) is 9.84 Å². The number of hydrogen-bond acceptors (Lipinski definition) is 5. The van der Waals surface area contributed by atoms with Crippen molar-refractivity contribution in [3.05, 3.63) is 21.9 Å². The number of aryl methyl sites for hydroxylation is 1. The van der Waals surface area contributed by atoms with Gasteiger partial charge in [0.05, 0.1) is 5.75 Å². The predicted octanol–water partition coefficient (Wildman–Crippen LogP) is 1.12. The van der Waals surface area contributed by atoms with Gasteiger partial charge in [-0.1, -0.05) is 0 Å². The van der Waals surface area contributed by atoms with Gasteiger partial charge in [-0.25, -0.2) is 8.42 Å². The number of nitrogens with zero attached hydrogens (tertiary/aromatic N) is 1. The van der Waals surface area contributed by atoms with E-state index in [0.717, 1.165) is 19.6 Å². The molecule has 104 valence electrons. The van der Waals surface area contributed by atoms with Crippen LogP contribution in [0.3, 0.4) is 0 Å². The summed E-state index contributed by atoms with van der Waals surface area (Å²) in [7, 11) is -0.904. The number of hydrogen-bond donors (Lipinski definition) is 1. The van der Waals surface area contributed by atoms with Gasteiger partial charge in [0.15, 0.2) is 0 Å². The van der Waals surface area contributed by atoms with Gasteiger partial charge in [-0.3, -0.25) is 0 Å². The third-order valence-electron chi connectivity index (χ3n) is 2.61. The first kappa shape index (κ1) is 15.6. The largest absolute Gasteiger partial charge is 0.311 e. The molecule has 0 bridgehead atoms. The molecule has 0 atom stereocenters. The molecule has 18 heavy (non-hydrogen) atoms. The molecule has 0 aliphatic heterocycles. The topological polar surface area (TPSA) is 49.4 Å². The van der Waals surface area contributed by atoms with Gasteiger partial charge in [0.25, 0.3) is 0 Å². The smallest absolute Gasteiger partial charge is 0.148 e. The molecule has 0 aliphatic carbocycles. The Bertz CT molecular complexity index is 454. The first-order valence-corrected chi connectivity index (χ1v) is 8.87. The summed E-state index contributed by atoms with van der Waals surface area (Å²) in [5.74, 6) is 0.230. The maximum absolute atomic E-state index is 11.0. The second kappa shape index (κ2) is 7.23. The van der Waals surface area contributed by atoms with Crippen molar-refractivity contribution >= 4 is 21.2 Å². The second-order valence-corrected chi connectivity index (χ2v) is 8.25. The molecular weight excluding hydrogens is 268 g/mol. The molecule has 0 aliphatic rings. The molecule has 0 spiro atoms. The van der Waals surface area contributed by atoms with E-state index in [1.54, 1.807) is 11.3 Å². The zero-order valence-corrected chi connectivity index (χ0v) is 12.9. The van der Waals surface area contributed by atoms with Gasteiger partial charge < -0.3 is 10.2 Å². The fraction of sp³-hybridized carbons (Fsp3) is 0.667. The van der Waals surface area contributed by atoms with E-state index in [2.05, 4.69) is 24.4 Å². The Kier molecular flexibility index (Phi) is 6.28. The fourth-order valence-corrected chi connectivity index (χ4v) is 3.00. The van der Waals surface area contributed by atoms with Crippen molar-refractivity contribution in [1.82, 2.24) is 10.2 Å². The standard InChI is InChI=1S/C12H22N2O2S2/c1-11-4-5-12(17-11)10-13-6-7-14(2)8-9-18(3,15)16/h4-5,13H,6-10H2,1-3H3. The Balaban J connectivity index is 2.10. The summed E-state index contributed by atoms with van der Waals surface area (Å²) in [5, 5.41) is 3.36. The predicted molar refractivity (Wildman–Crippen MR) is 78.0 cm³/mol. The molecule has 1 N–H and O–H groups in total. The van der Waals surface area contributed by atoms with Crippen LogP contribution in [0.5, 0.6) is 0 Å². The average molecular weight is 290 g/mol. The molecule has 0 amide bonds. The number of rotatable bonds is 8. The minimum atomic E-state index is -2.85. The fourth-order valence-electron chi connectivity index (χ4n) is 1.50. The lowest BCUT2D eigenvalue weighted by atomic mass is 10.4. The van der Waals surface area contributed by atoms with E-state index in [1.807, 2.05) is 11.9 Å². The molecule has 1 rings (SSSR count). The van der Waals surface area contributed by atoms with Crippen LogP contribution in [0.1, 0.15) is 9.75 Å². The maximum Gasteiger partial charge on any atom is 0.148 e. The third-order valence-corrected chi connectivity index (χ3v) is 4.53. The van der Waals surface area contributed by atoms with Crippen molar-refractivity contribution in [3.8, 4) is 0 Å². The molecular formula is C12H22N2O2S2. The summed E-state index contributed by atoms with van der Waals surface area (Å²) in [6.45, 7) is 5.32. The van der Waals surface area contributed by atoms with E-state index < -0.39 is 9.84 Å². The Hall–Kier alpha value is -0.430. The molecule has 4 nitrogen and oxygen atoms in total. The van der Waals surface area contributed by atoms with Crippen LogP contribution in [0.15, 0.2) is 12.1 Å². The summed E-state index contributed by atoms with van der Waals surface area (Å²) in [4.78, 5) is 4.71. The van der Waals surface area contributed by atoms with Gasteiger partial charge in [0.2, 0.25) is 0 Å². The maximum atomic E-state index is 11.0. The first-order valence-electron chi connectivity index (χ1n) is 5.99. The molecule has 6 heteroatoms. The average Bonchev–Trinajstić information content (AvgIpc) is 2.67. The number of thiophene rings is 1.